The van der Waals surface area contributed by atoms with E-state index in [9.17, 15) is 4.79 Å². The highest BCUT2D eigenvalue weighted by Crippen LogP contribution is 2.16. The van der Waals surface area contributed by atoms with Crippen LogP contribution in [0.1, 0.15) is 25.7 Å². The summed E-state index contributed by atoms with van der Waals surface area (Å²) in [5.74, 6) is 1.33. The molecular weight excluding hydrogens is 413 g/mol. The van der Waals surface area contributed by atoms with Gasteiger partial charge in [0, 0.05) is 65.0 Å². The molecule has 29 heavy (non-hydrogen) atoms. The third-order valence-corrected chi connectivity index (χ3v) is 5.48. The summed E-state index contributed by atoms with van der Waals surface area (Å²) < 4.78 is 5.82. The molecule has 0 radical (unpaired) electrons. The lowest BCUT2D eigenvalue weighted by atomic mass is 10.1. The van der Waals surface area contributed by atoms with Gasteiger partial charge in [-0.1, -0.05) is 6.07 Å². The molecule has 0 unspecified atom stereocenters. The van der Waals surface area contributed by atoms with Crippen molar-refractivity contribution >= 4 is 36.5 Å². The summed E-state index contributed by atoms with van der Waals surface area (Å²) in [5, 5.41) is 0. The second-order valence-electron chi connectivity index (χ2n) is 7.36. The number of nitrogens with two attached hydrogens (primary N) is 1. The predicted octanol–water partition coefficient (Wildman–Crippen LogP) is 1.79. The van der Waals surface area contributed by atoms with Crippen LogP contribution in [0.15, 0.2) is 24.4 Å². The van der Waals surface area contributed by atoms with E-state index in [1.807, 2.05) is 23.2 Å². The molecule has 2 N–H and O–H groups in total. The third-order valence-electron chi connectivity index (χ3n) is 5.48. The lowest BCUT2D eigenvalue weighted by Gasteiger charge is -2.36. The Morgan fingerprint density at radius 3 is 2.45 bits per heavy atom. The molecule has 2 aliphatic rings. The summed E-state index contributed by atoms with van der Waals surface area (Å²) in [6.07, 6.45) is 5.54. The third kappa shape index (κ3) is 8.26. The number of aromatic nitrogens is 1. The zero-order valence-electron chi connectivity index (χ0n) is 17.1. The Kier molecular flexibility index (Phi) is 12.5. The standard InChI is InChI=1S/C20H33N5O2.2ClH/c21-8-3-17-27-18-5-11-25(12-6-18)20(26)7-10-23-13-15-24(16-14-23)19-4-1-2-9-22-19;;/h1-2,4,9,18H,3,5-8,10-17,21H2;2*1H. The first-order chi connectivity index (χ1) is 13.3. The van der Waals surface area contributed by atoms with E-state index in [2.05, 4.69) is 20.9 Å². The number of carbonyl (C=O) groups is 1. The van der Waals surface area contributed by atoms with Crippen LogP contribution in [0.4, 0.5) is 5.82 Å². The van der Waals surface area contributed by atoms with Gasteiger partial charge < -0.3 is 20.3 Å². The van der Waals surface area contributed by atoms with Crippen LogP contribution >= 0.6 is 24.8 Å². The molecule has 7 nitrogen and oxygen atoms in total. The number of amides is 1. The summed E-state index contributed by atoms with van der Waals surface area (Å²) in [5.41, 5.74) is 5.50. The Morgan fingerprint density at radius 2 is 1.83 bits per heavy atom. The molecule has 9 heteroatoms. The first-order valence-corrected chi connectivity index (χ1v) is 10.2. The number of likely N-dealkylation sites (tertiary alicyclic amines) is 1. The smallest absolute Gasteiger partial charge is 0.223 e. The minimum absolute atomic E-state index is 0. The number of piperazine rings is 1. The molecule has 2 fully saturated rings. The largest absolute Gasteiger partial charge is 0.378 e. The van der Waals surface area contributed by atoms with Crippen molar-refractivity contribution in [1.29, 1.82) is 0 Å². The number of piperidine rings is 1. The number of carbonyl (C=O) groups excluding carboxylic acids is 1. The fourth-order valence-corrected chi connectivity index (χ4v) is 3.76. The average molecular weight is 448 g/mol. The van der Waals surface area contributed by atoms with Crippen molar-refractivity contribution in [2.75, 3.05) is 63.9 Å². The molecule has 1 amide bonds. The van der Waals surface area contributed by atoms with Crippen molar-refractivity contribution in [2.45, 2.75) is 31.8 Å². The van der Waals surface area contributed by atoms with E-state index in [1.54, 1.807) is 0 Å². The highest BCUT2D eigenvalue weighted by molar-refractivity contribution is 5.85. The Labute approximate surface area is 186 Å². The number of pyridine rings is 1. The lowest BCUT2D eigenvalue weighted by Crippen LogP contribution is -2.48. The van der Waals surface area contributed by atoms with Gasteiger partial charge in [-0.3, -0.25) is 9.69 Å². The number of anilines is 1. The molecule has 0 atom stereocenters. The topological polar surface area (TPSA) is 74.9 Å². The Bertz CT molecular complexity index is 565. The number of hydrogen-bond donors (Lipinski definition) is 1. The normalized spacial score (nSPS) is 18.1. The van der Waals surface area contributed by atoms with Gasteiger partial charge in [-0.05, 0) is 37.9 Å². The minimum Gasteiger partial charge on any atom is -0.378 e. The van der Waals surface area contributed by atoms with Gasteiger partial charge in [0.2, 0.25) is 5.91 Å². The molecule has 1 aromatic heterocycles. The summed E-state index contributed by atoms with van der Waals surface area (Å²) >= 11 is 0. The average Bonchev–Trinajstić information content (AvgIpc) is 2.74. The van der Waals surface area contributed by atoms with Gasteiger partial charge in [-0.25, -0.2) is 4.98 Å². The van der Waals surface area contributed by atoms with Crippen LogP contribution in [0.2, 0.25) is 0 Å². The molecule has 2 saturated heterocycles. The second-order valence-corrected chi connectivity index (χ2v) is 7.36. The molecule has 0 spiro atoms. The SMILES string of the molecule is Cl.Cl.NCCCOC1CCN(C(=O)CCN2CCN(c3ccccn3)CC2)CC1. The Hall–Kier alpha value is -1.12. The molecule has 0 bridgehead atoms. The van der Waals surface area contributed by atoms with Crippen LogP contribution < -0.4 is 10.6 Å². The maximum absolute atomic E-state index is 12.5. The van der Waals surface area contributed by atoms with Crippen LogP contribution in [0.3, 0.4) is 0 Å². The maximum atomic E-state index is 12.5. The van der Waals surface area contributed by atoms with Gasteiger partial charge in [0.25, 0.3) is 0 Å². The first-order valence-electron chi connectivity index (χ1n) is 10.2. The van der Waals surface area contributed by atoms with Gasteiger partial charge in [0.05, 0.1) is 6.10 Å². The van der Waals surface area contributed by atoms with E-state index in [0.29, 0.717) is 19.1 Å². The van der Waals surface area contributed by atoms with Crippen molar-refractivity contribution < 1.29 is 9.53 Å². The van der Waals surface area contributed by atoms with Gasteiger partial charge >= 0.3 is 0 Å². The first kappa shape index (κ1) is 25.9. The van der Waals surface area contributed by atoms with E-state index in [4.69, 9.17) is 10.5 Å². The van der Waals surface area contributed by atoms with E-state index in [-0.39, 0.29) is 30.7 Å². The van der Waals surface area contributed by atoms with Crippen LogP contribution in [0.5, 0.6) is 0 Å². The summed E-state index contributed by atoms with van der Waals surface area (Å²) in [6.45, 7) is 7.81. The monoisotopic (exact) mass is 447 g/mol. The molecule has 0 saturated carbocycles. The highest BCUT2D eigenvalue weighted by atomic mass is 35.5. The molecule has 0 aromatic carbocycles. The number of hydrogen-bond acceptors (Lipinski definition) is 6. The van der Waals surface area contributed by atoms with Crippen LogP contribution in [-0.2, 0) is 9.53 Å². The molecular formula is C20H35Cl2N5O2. The molecule has 3 rings (SSSR count). The highest BCUT2D eigenvalue weighted by Gasteiger charge is 2.24. The van der Waals surface area contributed by atoms with E-state index in [1.165, 1.54) is 0 Å². The summed E-state index contributed by atoms with van der Waals surface area (Å²) in [7, 11) is 0. The minimum atomic E-state index is 0. The fraction of sp³-hybridized carbons (Fsp3) is 0.700. The van der Waals surface area contributed by atoms with Gasteiger partial charge in [0.1, 0.15) is 5.82 Å². The Balaban J connectivity index is 0.00000210. The summed E-state index contributed by atoms with van der Waals surface area (Å²) in [4.78, 5) is 23.6. The van der Waals surface area contributed by atoms with Crippen LogP contribution in [0.25, 0.3) is 0 Å². The predicted molar refractivity (Wildman–Crippen MR) is 121 cm³/mol. The number of nitrogens with zero attached hydrogens (tertiary/aromatic N) is 4. The van der Waals surface area contributed by atoms with Gasteiger partial charge in [0.15, 0.2) is 0 Å². The van der Waals surface area contributed by atoms with Crippen LogP contribution in [0, 0.1) is 0 Å². The quantitative estimate of drug-likeness (QED) is 0.612. The Morgan fingerprint density at radius 1 is 1.10 bits per heavy atom. The number of halogens is 2. The summed E-state index contributed by atoms with van der Waals surface area (Å²) in [6, 6.07) is 6.03. The van der Waals surface area contributed by atoms with Crippen molar-refractivity contribution in [2.24, 2.45) is 5.73 Å². The zero-order chi connectivity index (χ0) is 18.9. The van der Waals surface area contributed by atoms with Crippen molar-refractivity contribution in [3.05, 3.63) is 24.4 Å². The van der Waals surface area contributed by atoms with Crippen molar-refractivity contribution in [1.82, 2.24) is 14.8 Å². The van der Waals surface area contributed by atoms with E-state index in [0.717, 1.165) is 77.5 Å². The lowest BCUT2D eigenvalue weighted by molar-refractivity contribution is -0.134. The van der Waals surface area contributed by atoms with Gasteiger partial charge in [-0.15, -0.1) is 24.8 Å². The van der Waals surface area contributed by atoms with Gasteiger partial charge in [-0.2, -0.15) is 0 Å². The van der Waals surface area contributed by atoms with E-state index < -0.39 is 0 Å². The molecule has 0 aliphatic carbocycles. The second kappa shape index (κ2) is 14.0. The van der Waals surface area contributed by atoms with Crippen molar-refractivity contribution in [3.63, 3.8) is 0 Å². The molecule has 1 aromatic rings. The molecule has 166 valence electrons. The maximum Gasteiger partial charge on any atom is 0.223 e. The number of rotatable bonds is 8. The fourth-order valence-electron chi connectivity index (χ4n) is 3.76. The molecule has 2 aliphatic heterocycles. The van der Waals surface area contributed by atoms with Crippen LogP contribution in [-0.4, -0.2) is 85.8 Å². The zero-order valence-corrected chi connectivity index (χ0v) is 18.7. The van der Waals surface area contributed by atoms with Crippen molar-refractivity contribution in [3.8, 4) is 0 Å². The molecule has 3 heterocycles. The van der Waals surface area contributed by atoms with E-state index >= 15 is 0 Å². The number of ether oxygens (including phenoxy) is 1.